The molecule has 4 aromatic rings. The van der Waals surface area contributed by atoms with Gasteiger partial charge in [-0.25, -0.2) is 4.52 Å². The van der Waals surface area contributed by atoms with Crippen LogP contribution >= 0.6 is 0 Å². The minimum absolute atomic E-state index is 0.166. The maximum Gasteiger partial charge on any atom is 0.435 e. The van der Waals surface area contributed by atoms with Gasteiger partial charge in [0.15, 0.2) is 5.69 Å². The first-order chi connectivity index (χ1) is 11.9. The second kappa shape index (κ2) is 5.47. The normalized spacial score (nSPS) is 12.1. The highest BCUT2D eigenvalue weighted by Gasteiger charge is 2.34. The summed E-state index contributed by atoms with van der Waals surface area (Å²) >= 11 is 0. The lowest BCUT2D eigenvalue weighted by molar-refractivity contribution is -0.141. The van der Waals surface area contributed by atoms with E-state index in [0.717, 1.165) is 32.5 Å². The van der Waals surface area contributed by atoms with Gasteiger partial charge >= 0.3 is 6.18 Å². The zero-order valence-corrected chi connectivity index (χ0v) is 13.0. The van der Waals surface area contributed by atoms with Crippen molar-refractivity contribution in [2.75, 3.05) is 5.73 Å². The molecule has 0 unspecified atom stereocenters. The standard InChI is InChI=1S/C18H13F3N4/c19-18(20,21)16-9-15-13(3-4-17(22)25(15)24-16)8-11-1-2-14-10-23-6-5-12(14)7-11/h1-7,9-10H,8,22H2. The van der Waals surface area contributed by atoms with Gasteiger partial charge in [-0.1, -0.05) is 24.3 Å². The van der Waals surface area contributed by atoms with Gasteiger partial charge in [0.25, 0.3) is 0 Å². The quantitative estimate of drug-likeness (QED) is 0.597. The van der Waals surface area contributed by atoms with E-state index in [1.165, 1.54) is 0 Å². The van der Waals surface area contributed by atoms with Gasteiger partial charge in [-0.3, -0.25) is 4.98 Å². The number of benzene rings is 1. The summed E-state index contributed by atoms with van der Waals surface area (Å²) in [5, 5.41) is 5.64. The van der Waals surface area contributed by atoms with E-state index in [-0.39, 0.29) is 5.82 Å². The number of halogens is 3. The first-order valence-electron chi connectivity index (χ1n) is 7.59. The van der Waals surface area contributed by atoms with Crippen molar-refractivity contribution in [3.05, 3.63) is 71.7 Å². The Morgan fingerprint density at radius 1 is 1.00 bits per heavy atom. The highest BCUT2D eigenvalue weighted by molar-refractivity contribution is 5.82. The Kier molecular flexibility index (Phi) is 3.38. The zero-order valence-electron chi connectivity index (χ0n) is 13.0. The summed E-state index contributed by atoms with van der Waals surface area (Å²) in [5.41, 5.74) is 6.90. The lowest BCUT2D eigenvalue weighted by atomic mass is 10.0. The van der Waals surface area contributed by atoms with E-state index >= 15 is 0 Å². The van der Waals surface area contributed by atoms with Gasteiger partial charge in [-0.2, -0.15) is 18.3 Å². The number of aromatic nitrogens is 3. The third-order valence-electron chi connectivity index (χ3n) is 4.13. The van der Waals surface area contributed by atoms with Crippen LogP contribution in [0.5, 0.6) is 0 Å². The highest BCUT2D eigenvalue weighted by Crippen LogP contribution is 2.31. The van der Waals surface area contributed by atoms with Crippen LogP contribution in [0.25, 0.3) is 16.3 Å². The Bertz CT molecular complexity index is 1080. The van der Waals surface area contributed by atoms with Gasteiger partial charge in [0.05, 0.1) is 5.52 Å². The summed E-state index contributed by atoms with van der Waals surface area (Å²) in [7, 11) is 0. The van der Waals surface area contributed by atoms with E-state index in [9.17, 15) is 13.2 Å². The fourth-order valence-corrected chi connectivity index (χ4v) is 2.90. The summed E-state index contributed by atoms with van der Waals surface area (Å²) in [6, 6.07) is 12.1. The number of nitrogens with two attached hydrogens (primary N) is 1. The van der Waals surface area contributed by atoms with Crippen LogP contribution in [-0.4, -0.2) is 14.6 Å². The van der Waals surface area contributed by atoms with Crippen LogP contribution in [0.4, 0.5) is 19.0 Å². The molecule has 2 N–H and O–H groups in total. The Labute approximate surface area is 140 Å². The molecule has 7 heteroatoms. The number of hydrogen-bond acceptors (Lipinski definition) is 3. The van der Waals surface area contributed by atoms with Crippen molar-refractivity contribution in [3.8, 4) is 0 Å². The van der Waals surface area contributed by atoms with Crippen molar-refractivity contribution < 1.29 is 13.2 Å². The van der Waals surface area contributed by atoms with Crippen molar-refractivity contribution in [1.82, 2.24) is 14.6 Å². The molecule has 0 radical (unpaired) electrons. The molecule has 0 aliphatic carbocycles. The minimum atomic E-state index is -4.51. The number of anilines is 1. The molecule has 3 aromatic heterocycles. The molecular weight excluding hydrogens is 329 g/mol. The molecular formula is C18H13F3N4. The molecule has 0 amide bonds. The van der Waals surface area contributed by atoms with Gasteiger partial charge in [-0.05, 0) is 41.1 Å². The Morgan fingerprint density at radius 3 is 2.64 bits per heavy atom. The van der Waals surface area contributed by atoms with Gasteiger partial charge in [0.2, 0.25) is 0 Å². The zero-order chi connectivity index (χ0) is 17.6. The van der Waals surface area contributed by atoms with Crippen LogP contribution in [0.3, 0.4) is 0 Å². The van der Waals surface area contributed by atoms with E-state index in [0.29, 0.717) is 11.9 Å². The molecule has 0 aliphatic heterocycles. The molecule has 0 bridgehead atoms. The third-order valence-corrected chi connectivity index (χ3v) is 4.13. The summed E-state index contributed by atoms with van der Waals surface area (Å²) in [5.74, 6) is 0.166. The van der Waals surface area contributed by atoms with Crippen molar-refractivity contribution >= 4 is 22.1 Å². The number of nitrogens with zero attached hydrogens (tertiary/aromatic N) is 3. The predicted octanol–water partition coefficient (Wildman–Crippen LogP) is 4.07. The molecule has 0 aliphatic rings. The Morgan fingerprint density at radius 2 is 1.84 bits per heavy atom. The minimum Gasteiger partial charge on any atom is -0.384 e. The second-order valence-electron chi connectivity index (χ2n) is 5.84. The van der Waals surface area contributed by atoms with Crippen LogP contribution in [0.15, 0.2) is 54.9 Å². The van der Waals surface area contributed by atoms with Crippen molar-refractivity contribution in [2.24, 2.45) is 0 Å². The van der Waals surface area contributed by atoms with Crippen LogP contribution in [0.1, 0.15) is 16.8 Å². The SMILES string of the molecule is Nc1ccc(Cc2ccc3cnccc3c2)c2cc(C(F)(F)F)nn12. The average molecular weight is 342 g/mol. The van der Waals surface area contributed by atoms with Crippen LogP contribution in [-0.2, 0) is 12.6 Å². The van der Waals surface area contributed by atoms with Crippen molar-refractivity contribution in [1.29, 1.82) is 0 Å². The maximum absolute atomic E-state index is 13.0. The second-order valence-corrected chi connectivity index (χ2v) is 5.84. The molecule has 0 atom stereocenters. The number of nitrogen functional groups attached to an aromatic ring is 1. The van der Waals surface area contributed by atoms with Crippen molar-refractivity contribution in [3.63, 3.8) is 0 Å². The number of rotatable bonds is 2. The van der Waals surface area contributed by atoms with E-state index in [2.05, 4.69) is 10.1 Å². The first kappa shape index (κ1) is 15.4. The molecule has 126 valence electrons. The largest absolute Gasteiger partial charge is 0.435 e. The summed E-state index contributed by atoms with van der Waals surface area (Å²) in [4.78, 5) is 4.07. The van der Waals surface area contributed by atoms with Gasteiger partial charge in [0.1, 0.15) is 5.82 Å². The smallest absolute Gasteiger partial charge is 0.384 e. The lowest BCUT2D eigenvalue weighted by Crippen LogP contribution is -2.07. The van der Waals surface area contributed by atoms with E-state index in [1.807, 2.05) is 24.3 Å². The maximum atomic E-state index is 13.0. The Balaban J connectivity index is 1.80. The first-order valence-corrected chi connectivity index (χ1v) is 7.59. The monoisotopic (exact) mass is 342 g/mol. The van der Waals surface area contributed by atoms with E-state index in [4.69, 9.17) is 5.73 Å². The van der Waals surface area contributed by atoms with E-state index in [1.54, 1.807) is 24.5 Å². The number of hydrogen-bond donors (Lipinski definition) is 1. The summed E-state index contributed by atoms with van der Waals surface area (Å²) in [6.07, 6.45) is -0.552. The summed E-state index contributed by atoms with van der Waals surface area (Å²) < 4.78 is 40.0. The molecule has 0 fully saturated rings. The topological polar surface area (TPSA) is 56.2 Å². The van der Waals surface area contributed by atoms with Crippen molar-refractivity contribution in [2.45, 2.75) is 12.6 Å². The van der Waals surface area contributed by atoms with Crippen LogP contribution in [0.2, 0.25) is 0 Å². The fraction of sp³-hybridized carbons (Fsp3) is 0.111. The molecule has 3 heterocycles. The molecule has 4 rings (SSSR count). The molecule has 4 nitrogen and oxygen atoms in total. The van der Waals surface area contributed by atoms with Gasteiger partial charge in [0, 0.05) is 17.8 Å². The Hall–Kier alpha value is -3.09. The number of fused-ring (bicyclic) bond motifs is 2. The molecule has 25 heavy (non-hydrogen) atoms. The molecule has 0 spiro atoms. The number of alkyl halides is 3. The van der Waals surface area contributed by atoms with Crippen LogP contribution in [0, 0.1) is 0 Å². The average Bonchev–Trinajstić information content (AvgIpc) is 3.04. The van der Waals surface area contributed by atoms with Crippen LogP contribution < -0.4 is 5.73 Å². The summed E-state index contributed by atoms with van der Waals surface area (Å²) in [6.45, 7) is 0. The molecule has 0 saturated heterocycles. The highest BCUT2D eigenvalue weighted by atomic mass is 19.4. The van der Waals surface area contributed by atoms with Gasteiger partial charge in [-0.15, -0.1) is 0 Å². The fourth-order valence-electron chi connectivity index (χ4n) is 2.90. The predicted molar refractivity (Wildman–Crippen MR) is 89.2 cm³/mol. The molecule has 1 aromatic carbocycles. The lowest BCUT2D eigenvalue weighted by Gasteiger charge is -2.07. The van der Waals surface area contributed by atoms with Gasteiger partial charge < -0.3 is 5.73 Å². The molecule has 0 saturated carbocycles. The number of pyridine rings is 2. The van der Waals surface area contributed by atoms with E-state index < -0.39 is 11.9 Å². The third kappa shape index (κ3) is 2.77.